The van der Waals surface area contributed by atoms with Crippen molar-refractivity contribution < 1.29 is 39.6 Å². The molecule has 246 valence electrons. The third-order valence-corrected chi connectivity index (χ3v) is 6.86. The average Bonchev–Trinajstić information content (AvgIpc) is 3.12. The molecule has 0 bridgehead atoms. The van der Waals surface area contributed by atoms with Gasteiger partial charge < -0.3 is 20.4 Å². The topological polar surface area (TPSA) is 227 Å². The van der Waals surface area contributed by atoms with Crippen molar-refractivity contribution in [2.45, 2.75) is 0 Å². The number of hydrogen-bond acceptors (Lipinski definition) is 10. The number of nitrogens with zero attached hydrogens (tertiary/aromatic N) is 6. The van der Waals surface area contributed by atoms with Crippen LogP contribution in [0.25, 0.3) is 48.6 Å². The van der Waals surface area contributed by atoms with Crippen LogP contribution < -0.4 is 0 Å². The summed E-state index contributed by atoms with van der Waals surface area (Å²) in [6, 6.07) is 12.4. The molecule has 0 spiro atoms. The quantitative estimate of drug-likeness (QED) is 0.128. The van der Waals surface area contributed by atoms with Gasteiger partial charge in [0.1, 0.15) is 0 Å². The summed E-state index contributed by atoms with van der Waals surface area (Å²) in [6.45, 7) is 0. The fraction of sp³-hybridized carbons (Fsp3) is 0. The van der Waals surface area contributed by atoms with Gasteiger partial charge in [0.25, 0.3) is 0 Å². The summed E-state index contributed by atoms with van der Waals surface area (Å²) in [5.41, 5.74) is 1.03. The molecule has 5 aromatic heterocycles. The van der Waals surface area contributed by atoms with Crippen LogP contribution in [0, 0.1) is 0 Å². The Hall–Kier alpha value is -7.48. The van der Waals surface area contributed by atoms with Crippen molar-refractivity contribution >= 4 is 72.5 Å². The highest BCUT2D eigenvalue weighted by Gasteiger charge is 2.15. The summed E-state index contributed by atoms with van der Waals surface area (Å²) in [7, 11) is 0. The van der Waals surface area contributed by atoms with Gasteiger partial charge in [-0.15, -0.1) is 0 Å². The third kappa shape index (κ3) is 8.08. The molecule has 5 rings (SSSR count). The van der Waals surface area contributed by atoms with Crippen LogP contribution in [0.2, 0.25) is 0 Å². The van der Waals surface area contributed by atoms with Crippen molar-refractivity contribution in [1.29, 1.82) is 0 Å². The molecule has 0 aliphatic carbocycles. The summed E-state index contributed by atoms with van der Waals surface area (Å²) in [4.78, 5) is 72.4. The first-order chi connectivity index (χ1) is 24.1. The molecule has 0 radical (unpaired) electrons. The van der Waals surface area contributed by atoms with Crippen LogP contribution in [0.4, 0.5) is 0 Å². The molecule has 0 atom stereocenters. The van der Waals surface area contributed by atoms with E-state index in [4.69, 9.17) is 9.97 Å². The van der Waals surface area contributed by atoms with E-state index in [0.717, 1.165) is 0 Å². The van der Waals surface area contributed by atoms with Crippen molar-refractivity contribution in [1.82, 2.24) is 29.9 Å². The smallest absolute Gasteiger partial charge is 0.355 e. The zero-order chi connectivity index (χ0) is 35.6. The number of aromatic nitrogens is 6. The van der Waals surface area contributed by atoms with Crippen molar-refractivity contribution in [3.8, 4) is 0 Å². The molecule has 14 nitrogen and oxygen atoms in total. The molecule has 0 fully saturated rings. The molecule has 14 heteroatoms. The van der Waals surface area contributed by atoms with E-state index in [0.29, 0.717) is 0 Å². The van der Waals surface area contributed by atoms with E-state index in [-0.39, 0.29) is 67.8 Å². The predicted molar refractivity (Wildman–Crippen MR) is 183 cm³/mol. The fourth-order valence-electron chi connectivity index (χ4n) is 4.58. The zero-order valence-electron chi connectivity index (χ0n) is 25.7. The minimum Gasteiger partial charge on any atom is -0.476 e. The monoisotopic (exact) mass is 668 g/mol. The maximum absolute atomic E-state index is 11.8. The predicted octanol–water partition coefficient (Wildman–Crippen LogP) is 5.53. The number of carbonyl (C=O) groups is 4. The minimum absolute atomic E-state index is 0.205. The molecular formula is C36H24N6O8. The lowest BCUT2D eigenvalue weighted by Crippen LogP contribution is -2.04. The van der Waals surface area contributed by atoms with Crippen LogP contribution in [0.5, 0.6) is 0 Å². The highest BCUT2D eigenvalue weighted by atomic mass is 16.4. The van der Waals surface area contributed by atoms with E-state index < -0.39 is 23.9 Å². The first kappa shape index (κ1) is 33.9. The molecule has 0 saturated carbocycles. The molecule has 0 aromatic carbocycles. The van der Waals surface area contributed by atoms with E-state index in [1.807, 2.05) is 0 Å². The molecule has 0 unspecified atom stereocenters. The highest BCUT2D eigenvalue weighted by Crippen LogP contribution is 2.22. The Bertz CT molecular complexity index is 1950. The Labute approximate surface area is 282 Å². The van der Waals surface area contributed by atoms with Crippen LogP contribution in [0.15, 0.2) is 73.3 Å². The lowest BCUT2D eigenvalue weighted by atomic mass is 10.1. The molecule has 0 amide bonds. The van der Waals surface area contributed by atoms with Gasteiger partial charge in [0, 0.05) is 47.0 Å². The molecular weight excluding hydrogens is 644 g/mol. The van der Waals surface area contributed by atoms with Gasteiger partial charge in [-0.3, -0.25) is 0 Å². The van der Waals surface area contributed by atoms with Crippen molar-refractivity contribution in [2.75, 3.05) is 0 Å². The highest BCUT2D eigenvalue weighted by molar-refractivity contribution is 5.95. The van der Waals surface area contributed by atoms with Crippen LogP contribution in [0.1, 0.15) is 87.0 Å². The summed E-state index contributed by atoms with van der Waals surface area (Å²) >= 11 is 0. The molecule has 5 aromatic rings. The van der Waals surface area contributed by atoms with Crippen molar-refractivity contribution in [3.05, 3.63) is 141 Å². The number of carboxylic acid groups (broad SMARTS) is 4. The number of rotatable bonds is 12. The summed E-state index contributed by atoms with van der Waals surface area (Å²) in [6.07, 6.45) is 17.3. The van der Waals surface area contributed by atoms with Gasteiger partial charge in [-0.25, -0.2) is 49.1 Å². The Morgan fingerprint density at radius 1 is 0.380 bits per heavy atom. The average molecular weight is 669 g/mol. The Morgan fingerprint density at radius 2 is 0.600 bits per heavy atom. The minimum atomic E-state index is -1.25. The van der Waals surface area contributed by atoms with Gasteiger partial charge in [0.2, 0.25) is 0 Å². The fourth-order valence-corrected chi connectivity index (χ4v) is 4.58. The van der Waals surface area contributed by atoms with Crippen molar-refractivity contribution in [2.24, 2.45) is 0 Å². The van der Waals surface area contributed by atoms with Gasteiger partial charge in [-0.05, 0) is 48.6 Å². The summed E-state index contributed by atoms with van der Waals surface area (Å²) in [5, 5.41) is 38.5. The zero-order valence-corrected chi connectivity index (χ0v) is 25.7. The maximum atomic E-state index is 11.8. The number of hydrogen-bond donors (Lipinski definition) is 4. The molecule has 50 heavy (non-hydrogen) atoms. The van der Waals surface area contributed by atoms with E-state index in [1.54, 1.807) is 48.5 Å². The number of pyridine rings is 4. The molecule has 4 N–H and O–H groups in total. The first-order valence-corrected chi connectivity index (χ1v) is 14.5. The van der Waals surface area contributed by atoms with Gasteiger partial charge in [0.15, 0.2) is 22.8 Å². The van der Waals surface area contributed by atoms with Gasteiger partial charge in [-0.2, -0.15) is 0 Å². The molecule has 0 saturated heterocycles. The van der Waals surface area contributed by atoms with E-state index in [2.05, 4.69) is 19.9 Å². The Morgan fingerprint density at radius 3 is 0.800 bits per heavy atom. The lowest BCUT2D eigenvalue weighted by molar-refractivity contribution is 0.0679. The standard InChI is InChI=1S/C36H24N6O8/c43-33(44)29-21(5-1-17-37-29)9-13-25-26(14-10-22-6-2-18-38-30(22)34(45)46)42-28(16-12-24-8-4-20-40-32(24)36(49)50)27(41-25)15-11-23-7-3-19-39-31(23)35(47)48/h1-20H,(H,43,44)(H,45,46)(H,47,48)(H,49,50). The Kier molecular flexibility index (Phi) is 10.4. The molecule has 5 heterocycles. The normalized spacial score (nSPS) is 11.5. The molecule has 0 aliphatic heterocycles. The van der Waals surface area contributed by atoms with E-state index >= 15 is 0 Å². The van der Waals surface area contributed by atoms with Crippen LogP contribution in [0.3, 0.4) is 0 Å². The number of carboxylic acids is 4. The van der Waals surface area contributed by atoms with E-state index in [9.17, 15) is 39.6 Å². The second-order valence-corrected chi connectivity index (χ2v) is 10.1. The third-order valence-electron chi connectivity index (χ3n) is 6.86. The van der Waals surface area contributed by atoms with Gasteiger partial charge >= 0.3 is 23.9 Å². The Balaban J connectivity index is 1.73. The van der Waals surface area contributed by atoms with Gasteiger partial charge in [0.05, 0.1) is 22.8 Å². The van der Waals surface area contributed by atoms with E-state index in [1.165, 1.54) is 73.4 Å². The van der Waals surface area contributed by atoms with Crippen LogP contribution >= 0.6 is 0 Å². The second kappa shape index (κ2) is 15.4. The van der Waals surface area contributed by atoms with Crippen LogP contribution in [-0.2, 0) is 0 Å². The number of aromatic carboxylic acids is 4. The second-order valence-electron chi connectivity index (χ2n) is 10.1. The SMILES string of the molecule is O=C(O)c1ncccc1C=Cc1nc(C=Cc2cccnc2C(=O)O)c(C=Cc2cccnc2C(=O)O)nc1C=Cc1cccnc1C(=O)O. The van der Waals surface area contributed by atoms with Crippen molar-refractivity contribution in [3.63, 3.8) is 0 Å². The largest absolute Gasteiger partial charge is 0.476 e. The van der Waals surface area contributed by atoms with Crippen LogP contribution in [-0.4, -0.2) is 74.2 Å². The first-order valence-electron chi connectivity index (χ1n) is 14.5. The summed E-state index contributed by atoms with van der Waals surface area (Å²) in [5.74, 6) is -5.00. The maximum Gasteiger partial charge on any atom is 0.355 e. The van der Waals surface area contributed by atoms with Gasteiger partial charge in [-0.1, -0.05) is 48.6 Å². The lowest BCUT2D eigenvalue weighted by Gasteiger charge is -2.08. The molecule has 0 aliphatic rings. The summed E-state index contributed by atoms with van der Waals surface area (Å²) < 4.78 is 0.